The number of carboxylic acids is 1. The molecular weight excluding hydrogens is 182 g/mol. The molecule has 1 rings (SSSR count). The van der Waals surface area contributed by atoms with Gasteiger partial charge in [0.25, 0.3) is 0 Å². The van der Waals surface area contributed by atoms with Crippen molar-refractivity contribution in [3.05, 3.63) is 12.2 Å². The predicted molar refractivity (Wildman–Crippen MR) is 53.1 cm³/mol. The van der Waals surface area contributed by atoms with Gasteiger partial charge in [0.1, 0.15) is 0 Å². The Morgan fingerprint density at radius 2 is 2.21 bits per heavy atom. The van der Waals surface area contributed by atoms with E-state index in [0.29, 0.717) is 19.1 Å². The van der Waals surface area contributed by atoms with E-state index in [1.165, 1.54) is 19.3 Å². The number of aliphatic carboxylic acids is 1. The molecule has 1 aliphatic rings. The normalized spacial score (nSPS) is 17.6. The summed E-state index contributed by atoms with van der Waals surface area (Å²) in [5.41, 5.74) is 0. The Hall–Kier alpha value is -0.870. The van der Waals surface area contributed by atoms with Crippen molar-refractivity contribution in [2.75, 3.05) is 19.7 Å². The van der Waals surface area contributed by atoms with Gasteiger partial charge < -0.3 is 10.2 Å². The third-order valence-electron chi connectivity index (χ3n) is 2.58. The maximum absolute atomic E-state index is 10.2. The monoisotopic (exact) mass is 199 g/mol. The highest BCUT2D eigenvalue weighted by Gasteiger charge is 2.23. The number of nitrogens with zero attached hydrogens (tertiary/aromatic N) is 1. The fourth-order valence-corrected chi connectivity index (χ4v) is 1.59. The van der Waals surface area contributed by atoms with Gasteiger partial charge in [-0.3, -0.25) is 4.90 Å². The van der Waals surface area contributed by atoms with Crippen LogP contribution in [-0.4, -0.2) is 46.8 Å². The van der Waals surface area contributed by atoms with Crippen molar-refractivity contribution in [2.45, 2.75) is 25.3 Å². The lowest BCUT2D eigenvalue weighted by Gasteiger charge is -2.36. The quantitative estimate of drug-likeness (QED) is 0.611. The van der Waals surface area contributed by atoms with Crippen LogP contribution in [0.3, 0.4) is 0 Å². The van der Waals surface area contributed by atoms with Gasteiger partial charge in [0, 0.05) is 25.2 Å². The van der Waals surface area contributed by atoms with E-state index in [2.05, 4.69) is 4.90 Å². The van der Waals surface area contributed by atoms with E-state index in [-0.39, 0.29) is 6.61 Å². The van der Waals surface area contributed by atoms with Crippen molar-refractivity contribution in [2.24, 2.45) is 0 Å². The van der Waals surface area contributed by atoms with Crippen LogP contribution in [0.1, 0.15) is 19.3 Å². The van der Waals surface area contributed by atoms with Gasteiger partial charge in [0.05, 0.1) is 6.61 Å². The molecule has 0 aromatic rings. The second-order valence-electron chi connectivity index (χ2n) is 3.54. The summed E-state index contributed by atoms with van der Waals surface area (Å²) in [6.07, 6.45) is 6.37. The maximum atomic E-state index is 10.2. The molecule has 1 fully saturated rings. The standard InChI is InChI=1S/C10H17NO3/c12-8-7-11(9-3-1-4-9)6-2-5-10(13)14/h2,5,9,12H,1,3-4,6-8H2,(H,13,14)/b5-2+. The zero-order valence-corrected chi connectivity index (χ0v) is 8.22. The molecule has 4 nitrogen and oxygen atoms in total. The average molecular weight is 199 g/mol. The molecule has 1 saturated carbocycles. The molecular formula is C10H17NO3. The zero-order valence-electron chi connectivity index (χ0n) is 8.22. The van der Waals surface area contributed by atoms with Crippen LogP contribution in [0.15, 0.2) is 12.2 Å². The molecule has 0 aromatic heterocycles. The largest absolute Gasteiger partial charge is 0.478 e. The smallest absolute Gasteiger partial charge is 0.328 e. The number of hydrogen-bond acceptors (Lipinski definition) is 3. The van der Waals surface area contributed by atoms with Crippen LogP contribution in [-0.2, 0) is 4.79 Å². The Bertz CT molecular complexity index is 211. The summed E-state index contributed by atoms with van der Waals surface area (Å²) in [7, 11) is 0. The Labute approximate surface area is 83.8 Å². The van der Waals surface area contributed by atoms with Crippen LogP contribution in [0.2, 0.25) is 0 Å². The van der Waals surface area contributed by atoms with E-state index in [9.17, 15) is 4.79 Å². The Morgan fingerprint density at radius 3 is 2.64 bits per heavy atom. The number of aliphatic hydroxyl groups is 1. The number of hydrogen-bond donors (Lipinski definition) is 2. The Morgan fingerprint density at radius 1 is 1.50 bits per heavy atom. The minimum Gasteiger partial charge on any atom is -0.478 e. The molecule has 0 saturated heterocycles. The maximum Gasteiger partial charge on any atom is 0.328 e. The fourth-order valence-electron chi connectivity index (χ4n) is 1.59. The van der Waals surface area contributed by atoms with Crippen LogP contribution in [0.5, 0.6) is 0 Å². The first-order chi connectivity index (χ1) is 6.74. The summed E-state index contributed by atoms with van der Waals surface area (Å²) in [6, 6.07) is 0.542. The minimum absolute atomic E-state index is 0.136. The van der Waals surface area contributed by atoms with E-state index in [1.807, 2.05) is 0 Å². The van der Waals surface area contributed by atoms with Crippen molar-refractivity contribution in [1.29, 1.82) is 0 Å². The molecule has 1 aliphatic carbocycles. The average Bonchev–Trinajstić information content (AvgIpc) is 2.00. The van der Waals surface area contributed by atoms with E-state index in [1.54, 1.807) is 6.08 Å². The third-order valence-corrected chi connectivity index (χ3v) is 2.58. The Kier molecular flexibility index (Phi) is 4.62. The summed E-state index contributed by atoms with van der Waals surface area (Å²) in [5, 5.41) is 17.2. The van der Waals surface area contributed by atoms with Crippen molar-refractivity contribution < 1.29 is 15.0 Å². The highest BCUT2D eigenvalue weighted by atomic mass is 16.4. The fraction of sp³-hybridized carbons (Fsp3) is 0.700. The van der Waals surface area contributed by atoms with Crippen molar-refractivity contribution >= 4 is 5.97 Å². The molecule has 0 aliphatic heterocycles. The third kappa shape index (κ3) is 3.47. The second kappa shape index (κ2) is 5.78. The first-order valence-corrected chi connectivity index (χ1v) is 4.98. The summed E-state index contributed by atoms with van der Waals surface area (Å²) >= 11 is 0. The molecule has 0 radical (unpaired) electrons. The molecule has 2 N–H and O–H groups in total. The van der Waals surface area contributed by atoms with Crippen LogP contribution in [0.4, 0.5) is 0 Å². The van der Waals surface area contributed by atoms with Gasteiger partial charge in [-0.05, 0) is 12.8 Å². The molecule has 80 valence electrons. The van der Waals surface area contributed by atoms with Gasteiger partial charge in [-0.25, -0.2) is 4.79 Å². The van der Waals surface area contributed by atoms with Gasteiger partial charge in [-0.2, -0.15) is 0 Å². The topological polar surface area (TPSA) is 60.8 Å². The van der Waals surface area contributed by atoms with Crippen molar-refractivity contribution in [3.8, 4) is 0 Å². The highest BCUT2D eigenvalue weighted by molar-refractivity contribution is 5.79. The van der Waals surface area contributed by atoms with E-state index >= 15 is 0 Å². The van der Waals surface area contributed by atoms with Gasteiger partial charge in [0.2, 0.25) is 0 Å². The number of rotatable bonds is 6. The molecule has 0 spiro atoms. The predicted octanol–water partition coefficient (Wildman–Crippen LogP) is 0.474. The molecule has 0 bridgehead atoms. The van der Waals surface area contributed by atoms with Gasteiger partial charge in [-0.15, -0.1) is 0 Å². The van der Waals surface area contributed by atoms with Crippen molar-refractivity contribution in [1.82, 2.24) is 4.90 Å². The van der Waals surface area contributed by atoms with E-state index < -0.39 is 5.97 Å². The molecule has 4 heteroatoms. The van der Waals surface area contributed by atoms with Crippen LogP contribution in [0.25, 0.3) is 0 Å². The van der Waals surface area contributed by atoms with Crippen molar-refractivity contribution in [3.63, 3.8) is 0 Å². The second-order valence-corrected chi connectivity index (χ2v) is 3.54. The van der Waals surface area contributed by atoms with Crippen LogP contribution in [0, 0.1) is 0 Å². The lowest BCUT2D eigenvalue weighted by atomic mass is 9.91. The van der Waals surface area contributed by atoms with Gasteiger partial charge >= 0.3 is 5.97 Å². The lowest BCUT2D eigenvalue weighted by molar-refractivity contribution is -0.131. The van der Waals surface area contributed by atoms with E-state index in [4.69, 9.17) is 10.2 Å². The molecule has 0 atom stereocenters. The first-order valence-electron chi connectivity index (χ1n) is 4.98. The minimum atomic E-state index is -0.914. The Balaban J connectivity index is 2.30. The molecule has 0 amide bonds. The zero-order chi connectivity index (χ0) is 10.4. The lowest BCUT2D eigenvalue weighted by Crippen LogP contribution is -2.41. The molecule has 14 heavy (non-hydrogen) atoms. The summed E-state index contributed by atoms with van der Waals surface area (Å²) < 4.78 is 0. The van der Waals surface area contributed by atoms with Gasteiger partial charge in [-0.1, -0.05) is 12.5 Å². The van der Waals surface area contributed by atoms with E-state index in [0.717, 1.165) is 6.08 Å². The number of carbonyl (C=O) groups is 1. The summed E-state index contributed by atoms with van der Waals surface area (Å²) in [5.74, 6) is -0.914. The van der Waals surface area contributed by atoms with Crippen LogP contribution < -0.4 is 0 Å². The van der Waals surface area contributed by atoms with Crippen LogP contribution >= 0.6 is 0 Å². The van der Waals surface area contributed by atoms with Gasteiger partial charge in [0.15, 0.2) is 0 Å². The molecule has 0 unspecified atom stereocenters. The number of carboxylic acid groups (broad SMARTS) is 1. The number of aliphatic hydroxyl groups excluding tert-OH is 1. The summed E-state index contributed by atoms with van der Waals surface area (Å²) in [6.45, 7) is 1.39. The highest BCUT2D eigenvalue weighted by Crippen LogP contribution is 2.24. The first kappa shape index (κ1) is 11.2. The molecule has 0 aromatic carbocycles. The summed E-state index contributed by atoms with van der Waals surface area (Å²) in [4.78, 5) is 12.4. The molecule has 0 heterocycles. The SMILES string of the molecule is O=C(O)/C=C/CN(CCO)C1CCC1.